The smallest absolute Gasteiger partial charge is 0.242 e. The van der Waals surface area contributed by atoms with E-state index in [4.69, 9.17) is 23.2 Å². The van der Waals surface area contributed by atoms with Crippen molar-refractivity contribution in [2.75, 3.05) is 17.1 Å². The summed E-state index contributed by atoms with van der Waals surface area (Å²) < 4.78 is 39.1. The summed E-state index contributed by atoms with van der Waals surface area (Å²) in [6.07, 6.45) is 1.23. The molecule has 0 radical (unpaired) electrons. The summed E-state index contributed by atoms with van der Waals surface area (Å²) in [4.78, 5) is 27.6. The van der Waals surface area contributed by atoms with Gasteiger partial charge in [-0.25, -0.2) is 12.8 Å². The minimum absolute atomic E-state index is 0.0122. The van der Waals surface area contributed by atoms with Gasteiger partial charge in [0.1, 0.15) is 11.9 Å². The van der Waals surface area contributed by atoms with Gasteiger partial charge >= 0.3 is 0 Å². The van der Waals surface area contributed by atoms with E-state index < -0.39 is 27.4 Å². The number of hydrogen-bond acceptors (Lipinski definition) is 4. The van der Waals surface area contributed by atoms with Crippen LogP contribution in [-0.4, -0.2) is 49.5 Å². The van der Waals surface area contributed by atoms with Crippen molar-refractivity contribution >= 4 is 50.7 Å². The number of rotatable bonds is 10. The van der Waals surface area contributed by atoms with Gasteiger partial charge < -0.3 is 10.2 Å². The lowest BCUT2D eigenvalue weighted by atomic mass is 10.1. The number of sulfonamides is 1. The maximum absolute atomic E-state index is 13.3. The summed E-state index contributed by atoms with van der Waals surface area (Å²) in [5.41, 5.74) is 0.503. The predicted octanol–water partition coefficient (Wildman–Crippen LogP) is 5.01. The molecule has 0 saturated carbocycles. The summed E-state index contributed by atoms with van der Waals surface area (Å²) in [5, 5.41) is 3.59. The van der Waals surface area contributed by atoms with Gasteiger partial charge in [-0.3, -0.25) is 13.9 Å². The molecule has 198 valence electrons. The van der Waals surface area contributed by atoms with E-state index in [-0.39, 0.29) is 37.7 Å². The van der Waals surface area contributed by atoms with E-state index in [1.165, 1.54) is 29.2 Å². The zero-order valence-corrected chi connectivity index (χ0v) is 23.3. The Morgan fingerprint density at radius 2 is 1.67 bits per heavy atom. The quantitative estimate of drug-likeness (QED) is 0.443. The van der Waals surface area contributed by atoms with Gasteiger partial charge in [-0.1, -0.05) is 29.3 Å². The van der Waals surface area contributed by atoms with Crippen LogP contribution < -0.4 is 9.62 Å². The lowest BCUT2D eigenvalue weighted by Gasteiger charge is -2.32. The van der Waals surface area contributed by atoms with Gasteiger partial charge in [0, 0.05) is 25.0 Å². The van der Waals surface area contributed by atoms with Crippen LogP contribution in [-0.2, 0) is 26.2 Å². The Labute approximate surface area is 222 Å². The fourth-order valence-corrected chi connectivity index (χ4v) is 4.79. The van der Waals surface area contributed by atoms with E-state index in [1.807, 2.05) is 20.8 Å². The summed E-state index contributed by atoms with van der Waals surface area (Å²) in [5.74, 6) is -1.13. The van der Waals surface area contributed by atoms with E-state index in [1.54, 1.807) is 25.1 Å². The second kappa shape index (κ2) is 12.3. The van der Waals surface area contributed by atoms with E-state index in [0.717, 1.165) is 10.6 Å². The number of nitrogens with one attached hydrogen (secondary N) is 1. The summed E-state index contributed by atoms with van der Waals surface area (Å²) in [6, 6.07) is 9.27. The summed E-state index contributed by atoms with van der Waals surface area (Å²) in [7, 11) is -3.66. The van der Waals surface area contributed by atoms with Crippen molar-refractivity contribution in [3.05, 3.63) is 63.9 Å². The largest absolute Gasteiger partial charge is 0.350 e. The maximum atomic E-state index is 13.3. The topological polar surface area (TPSA) is 86.8 Å². The number of anilines is 1. The van der Waals surface area contributed by atoms with Gasteiger partial charge in [-0.15, -0.1) is 0 Å². The molecule has 0 heterocycles. The molecule has 0 spiro atoms. The van der Waals surface area contributed by atoms with Crippen LogP contribution in [0.5, 0.6) is 0 Å². The van der Waals surface area contributed by atoms with Crippen molar-refractivity contribution < 1.29 is 22.4 Å². The number of nitrogens with zero attached hydrogens (tertiary/aromatic N) is 2. The van der Waals surface area contributed by atoms with E-state index in [9.17, 15) is 22.4 Å². The lowest BCUT2D eigenvalue weighted by Crippen LogP contribution is -2.52. The molecule has 0 fully saturated rings. The fourth-order valence-electron chi connectivity index (χ4n) is 3.50. The highest BCUT2D eigenvalue weighted by Crippen LogP contribution is 2.24. The molecule has 11 heteroatoms. The van der Waals surface area contributed by atoms with Gasteiger partial charge in [0.15, 0.2) is 0 Å². The third kappa shape index (κ3) is 8.94. The third-order valence-corrected chi connectivity index (χ3v) is 7.20. The molecule has 0 unspecified atom stereocenters. The van der Waals surface area contributed by atoms with Crippen LogP contribution in [0, 0.1) is 5.82 Å². The standard InChI is InChI=1S/C25H32Cl2FN3O4S/c1-17(24(33)29-25(2,3)4)30(16-18-8-13-21(26)22(27)15-18)23(32)7-6-14-31(36(5,34)35)20-11-9-19(28)10-12-20/h8-13,15,17H,6-7,14,16H2,1-5H3,(H,29,33)/t17-/m0/s1. The monoisotopic (exact) mass is 559 g/mol. The normalized spacial score (nSPS) is 12.7. The third-order valence-electron chi connectivity index (χ3n) is 5.27. The molecule has 0 saturated heterocycles. The number of hydrogen-bond donors (Lipinski definition) is 1. The minimum atomic E-state index is -3.66. The van der Waals surface area contributed by atoms with Gasteiger partial charge in [0.25, 0.3) is 0 Å². The number of carbonyl (C=O) groups excluding carboxylic acids is 2. The Kier molecular flexibility index (Phi) is 10.2. The summed E-state index contributed by atoms with van der Waals surface area (Å²) >= 11 is 12.1. The molecular formula is C25H32Cl2FN3O4S. The van der Waals surface area contributed by atoms with Crippen LogP contribution >= 0.6 is 23.2 Å². The first-order valence-corrected chi connectivity index (χ1v) is 14.0. The Balaban J connectivity index is 2.21. The van der Waals surface area contributed by atoms with Gasteiger partial charge in [0.2, 0.25) is 21.8 Å². The minimum Gasteiger partial charge on any atom is -0.350 e. The molecule has 7 nitrogen and oxygen atoms in total. The van der Waals surface area contributed by atoms with Crippen molar-refractivity contribution in [3.8, 4) is 0 Å². The second-order valence-electron chi connectivity index (χ2n) is 9.60. The van der Waals surface area contributed by atoms with E-state index in [2.05, 4.69) is 5.32 Å². The molecule has 0 aliphatic heterocycles. The molecule has 0 bridgehead atoms. The Bertz CT molecular complexity index is 1180. The molecule has 1 atom stereocenters. The van der Waals surface area contributed by atoms with Crippen LogP contribution in [0.2, 0.25) is 10.0 Å². The average molecular weight is 561 g/mol. The van der Waals surface area contributed by atoms with Crippen molar-refractivity contribution in [2.45, 2.75) is 58.7 Å². The first kappa shape index (κ1) is 29.9. The van der Waals surface area contributed by atoms with Crippen molar-refractivity contribution in [2.24, 2.45) is 0 Å². The van der Waals surface area contributed by atoms with Gasteiger partial charge in [0.05, 0.1) is 22.0 Å². The number of carbonyl (C=O) groups is 2. The Morgan fingerprint density at radius 3 is 2.19 bits per heavy atom. The maximum Gasteiger partial charge on any atom is 0.242 e. The fraction of sp³-hybridized carbons (Fsp3) is 0.440. The first-order chi connectivity index (χ1) is 16.6. The van der Waals surface area contributed by atoms with Gasteiger partial charge in [-0.2, -0.15) is 0 Å². The van der Waals surface area contributed by atoms with Crippen LogP contribution in [0.1, 0.15) is 46.1 Å². The highest BCUT2D eigenvalue weighted by molar-refractivity contribution is 7.92. The van der Waals surface area contributed by atoms with Gasteiger partial charge in [-0.05, 0) is 76.1 Å². The van der Waals surface area contributed by atoms with Crippen molar-refractivity contribution in [1.82, 2.24) is 10.2 Å². The Morgan fingerprint density at radius 1 is 1.06 bits per heavy atom. The van der Waals surface area contributed by atoms with Crippen molar-refractivity contribution in [1.29, 1.82) is 0 Å². The Hall–Kier alpha value is -2.36. The average Bonchev–Trinajstić information content (AvgIpc) is 2.75. The molecule has 2 aromatic rings. The molecular weight excluding hydrogens is 528 g/mol. The highest BCUT2D eigenvalue weighted by Gasteiger charge is 2.28. The second-order valence-corrected chi connectivity index (χ2v) is 12.3. The van der Waals surface area contributed by atoms with Crippen molar-refractivity contribution in [3.63, 3.8) is 0 Å². The van der Waals surface area contributed by atoms with Crippen LogP contribution in [0.25, 0.3) is 0 Å². The number of amides is 2. The zero-order chi connectivity index (χ0) is 27.3. The number of halogens is 3. The lowest BCUT2D eigenvalue weighted by molar-refractivity contribution is -0.141. The molecule has 2 amide bonds. The molecule has 1 N–H and O–H groups in total. The molecule has 0 aromatic heterocycles. The highest BCUT2D eigenvalue weighted by atomic mass is 35.5. The van der Waals surface area contributed by atoms with E-state index in [0.29, 0.717) is 21.3 Å². The zero-order valence-electron chi connectivity index (χ0n) is 21.0. The molecule has 36 heavy (non-hydrogen) atoms. The van der Waals surface area contributed by atoms with Crippen LogP contribution in [0.4, 0.5) is 10.1 Å². The van der Waals surface area contributed by atoms with E-state index >= 15 is 0 Å². The molecule has 2 aromatic carbocycles. The van der Waals surface area contributed by atoms with Crippen LogP contribution in [0.3, 0.4) is 0 Å². The molecule has 2 rings (SSSR count). The molecule has 0 aliphatic rings. The number of benzene rings is 2. The summed E-state index contributed by atoms with van der Waals surface area (Å²) in [6.45, 7) is 7.30. The first-order valence-electron chi connectivity index (χ1n) is 11.4. The SMILES string of the molecule is C[C@@H](C(=O)NC(C)(C)C)N(Cc1ccc(Cl)c(Cl)c1)C(=O)CCCN(c1ccc(F)cc1)S(C)(=O)=O. The molecule has 0 aliphatic carbocycles. The van der Waals surface area contributed by atoms with Crippen LogP contribution in [0.15, 0.2) is 42.5 Å². The predicted molar refractivity (Wildman–Crippen MR) is 142 cm³/mol.